The van der Waals surface area contributed by atoms with Crippen LogP contribution in [0.15, 0.2) is 12.1 Å². The van der Waals surface area contributed by atoms with Crippen molar-refractivity contribution in [2.24, 2.45) is 0 Å². The fraction of sp³-hybridized carbons (Fsp3) is 0.625. The molecule has 27 heavy (non-hydrogen) atoms. The van der Waals surface area contributed by atoms with Gasteiger partial charge in [0.05, 0.1) is 0 Å². The standard InChI is InChI=1S/C24H37N3/c1-14(2)18-12-17(13-19(15(3)4)16(18)5)20-25-21(23(6,7)8)27-22(26-20)24(9,10)11/h12-15H,1-11H3. The highest BCUT2D eigenvalue weighted by atomic mass is 15.1. The average molecular weight is 368 g/mol. The molecule has 0 unspecified atom stereocenters. The second-order valence-corrected chi connectivity index (χ2v) is 10.4. The van der Waals surface area contributed by atoms with Crippen molar-refractivity contribution in [2.75, 3.05) is 0 Å². The normalized spacial score (nSPS) is 12.9. The molecule has 148 valence electrons. The number of rotatable bonds is 3. The maximum Gasteiger partial charge on any atom is 0.163 e. The van der Waals surface area contributed by atoms with E-state index in [1.54, 1.807) is 0 Å². The Morgan fingerprint density at radius 2 is 1.04 bits per heavy atom. The van der Waals surface area contributed by atoms with Gasteiger partial charge >= 0.3 is 0 Å². The van der Waals surface area contributed by atoms with Crippen molar-refractivity contribution in [3.05, 3.63) is 40.5 Å². The zero-order valence-corrected chi connectivity index (χ0v) is 19.2. The zero-order chi connectivity index (χ0) is 20.7. The molecule has 0 fully saturated rings. The first-order valence-electron chi connectivity index (χ1n) is 10.1. The molecule has 0 amide bonds. The molecule has 0 aliphatic carbocycles. The summed E-state index contributed by atoms with van der Waals surface area (Å²) < 4.78 is 0. The van der Waals surface area contributed by atoms with Crippen molar-refractivity contribution < 1.29 is 0 Å². The third-order valence-electron chi connectivity index (χ3n) is 4.97. The van der Waals surface area contributed by atoms with Gasteiger partial charge in [-0.05, 0) is 47.6 Å². The predicted molar refractivity (Wildman–Crippen MR) is 116 cm³/mol. The molecule has 2 rings (SSSR count). The van der Waals surface area contributed by atoms with Gasteiger partial charge in [-0.1, -0.05) is 69.2 Å². The molecule has 0 radical (unpaired) electrons. The summed E-state index contributed by atoms with van der Waals surface area (Å²) in [6.45, 7) is 24.2. The highest BCUT2D eigenvalue weighted by molar-refractivity contribution is 5.61. The van der Waals surface area contributed by atoms with Crippen LogP contribution >= 0.6 is 0 Å². The van der Waals surface area contributed by atoms with Gasteiger partial charge in [0.25, 0.3) is 0 Å². The van der Waals surface area contributed by atoms with Crippen LogP contribution in [-0.4, -0.2) is 15.0 Å². The van der Waals surface area contributed by atoms with Crippen LogP contribution < -0.4 is 0 Å². The summed E-state index contributed by atoms with van der Waals surface area (Å²) in [6.07, 6.45) is 0. The molecular weight excluding hydrogens is 330 g/mol. The van der Waals surface area contributed by atoms with Gasteiger partial charge in [0.2, 0.25) is 0 Å². The van der Waals surface area contributed by atoms with Crippen LogP contribution in [0.2, 0.25) is 0 Å². The molecule has 0 saturated carbocycles. The van der Waals surface area contributed by atoms with Gasteiger partial charge in [0.15, 0.2) is 5.82 Å². The Hall–Kier alpha value is -1.77. The minimum Gasteiger partial charge on any atom is -0.217 e. The number of aromatic nitrogens is 3. The van der Waals surface area contributed by atoms with Gasteiger partial charge in [-0.2, -0.15) is 0 Å². The van der Waals surface area contributed by atoms with Gasteiger partial charge in [0.1, 0.15) is 11.6 Å². The Labute approximate surface area is 166 Å². The third kappa shape index (κ3) is 4.75. The van der Waals surface area contributed by atoms with E-state index in [-0.39, 0.29) is 10.8 Å². The molecular formula is C24H37N3. The van der Waals surface area contributed by atoms with E-state index in [0.717, 1.165) is 23.0 Å². The molecule has 0 bridgehead atoms. The Morgan fingerprint density at radius 1 is 0.667 bits per heavy atom. The predicted octanol–water partition coefficient (Wildman–Crippen LogP) is 6.69. The summed E-state index contributed by atoms with van der Waals surface area (Å²) in [4.78, 5) is 14.6. The average Bonchev–Trinajstić information content (AvgIpc) is 2.52. The van der Waals surface area contributed by atoms with Crippen molar-refractivity contribution >= 4 is 0 Å². The van der Waals surface area contributed by atoms with E-state index in [9.17, 15) is 0 Å². The molecule has 1 heterocycles. The summed E-state index contributed by atoms with van der Waals surface area (Å²) in [6, 6.07) is 4.56. The highest BCUT2D eigenvalue weighted by Gasteiger charge is 2.26. The fourth-order valence-corrected chi connectivity index (χ4v) is 3.26. The van der Waals surface area contributed by atoms with Crippen LogP contribution in [0.1, 0.15) is 109 Å². The Balaban J connectivity index is 2.81. The van der Waals surface area contributed by atoms with Crippen molar-refractivity contribution in [3.63, 3.8) is 0 Å². The van der Waals surface area contributed by atoms with Crippen LogP contribution in [0, 0.1) is 6.92 Å². The lowest BCUT2D eigenvalue weighted by Gasteiger charge is -2.24. The summed E-state index contributed by atoms with van der Waals surface area (Å²) in [5.74, 6) is 3.44. The van der Waals surface area contributed by atoms with E-state index in [4.69, 9.17) is 15.0 Å². The van der Waals surface area contributed by atoms with E-state index in [0.29, 0.717) is 11.8 Å². The molecule has 1 aromatic heterocycles. The lowest BCUT2D eigenvalue weighted by molar-refractivity contribution is 0.497. The Morgan fingerprint density at radius 3 is 1.33 bits per heavy atom. The SMILES string of the molecule is Cc1c(C(C)C)cc(-c2nc(C(C)(C)C)nc(C(C)(C)C)n2)cc1C(C)C. The Kier molecular flexibility index (Phi) is 5.85. The van der Waals surface area contributed by atoms with Gasteiger partial charge in [-0.3, -0.25) is 0 Å². The molecule has 3 nitrogen and oxygen atoms in total. The quantitative estimate of drug-likeness (QED) is 0.606. The van der Waals surface area contributed by atoms with Gasteiger partial charge < -0.3 is 0 Å². The number of benzene rings is 1. The topological polar surface area (TPSA) is 38.7 Å². The maximum atomic E-state index is 4.90. The first-order valence-corrected chi connectivity index (χ1v) is 10.1. The first kappa shape index (κ1) is 21.5. The molecule has 1 aromatic carbocycles. The molecule has 0 spiro atoms. The lowest BCUT2D eigenvalue weighted by Crippen LogP contribution is -2.24. The highest BCUT2D eigenvalue weighted by Crippen LogP contribution is 2.33. The number of nitrogens with zero attached hydrogens (tertiary/aromatic N) is 3. The lowest BCUT2D eigenvalue weighted by atomic mass is 9.87. The second-order valence-electron chi connectivity index (χ2n) is 10.4. The van der Waals surface area contributed by atoms with E-state index in [2.05, 4.69) is 88.3 Å². The van der Waals surface area contributed by atoms with Crippen LogP contribution in [-0.2, 0) is 10.8 Å². The largest absolute Gasteiger partial charge is 0.217 e. The van der Waals surface area contributed by atoms with Crippen molar-refractivity contribution in [1.29, 1.82) is 0 Å². The van der Waals surface area contributed by atoms with Crippen LogP contribution in [0.5, 0.6) is 0 Å². The molecule has 2 aromatic rings. The zero-order valence-electron chi connectivity index (χ0n) is 19.2. The van der Waals surface area contributed by atoms with Crippen molar-refractivity contribution in [3.8, 4) is 11.4 Å². The first-order chi connectivity index (χ1) is 12.2. The monoisotopic (exact) mass is 367 g/mol. The summed E-state index contributed by atoms with van der Waals surface area (Å²) in [5, 5.41) is 0. The fourth-order valence-electron chi connectivity index (χ4n) is 3.26. The van der Waals surface area contributed by atoms with E-state index in [1.165, 1.54) is 16.7 Å². The second kappa shape index (κ2) is 7.33. The third-order valence-corrected chi connectivity index (χ3v) is 4.97. The number of hydrogen-bond donors (Lipinski definition) is 0. The molecule has 3 heteroatoms. The molecule has 0 aliphatic heterocycles. The summed E-state index contributed by atoms with van der Waals surface area (Å²) in [7, 11) is 0. The molecule has 0 saturated heterocycles. The minimum absolute atomic E-state index is 0.121. The van der Waals surface area contributed by atoms with Gasteiger partial charge in [0, 0.05) is 16.4 Å². The molecule has 0 aliphatic rings. The maximum absolute atomic E-state index is 4.90. The molecule has 0 atom stereocenters. The number of hydrogen-bond acceptors (Lipinski definition) is 3. The van der Waals surface area contributed by atoms with Crippen molar-refractivity contribution in [1.82, 2.24) is 15.0 Å². The van der Waals surface area contributed by atoms with E-state index < -0.39 is 0 Å². The van der Waals surface area contributed by atoms with Gasteiger partial charge in [-0.15, -0.1) is 0 Å². The van der Waals surface area contributed by atoms with Crippen LogP contribution in [0.25, 0.3) is 11.4 Å². The summed E-state index contributed by atoms with van der Waals surface area (Å²) >= 11 is 0. The minimum atomic E-state index is -0.121. The van der Waals surface area contributed by atoms with E-state index in [1.807, 2.05) is 0 Å². The summed E-state index contributed by atoms with van der Waals surface area (Å²) in [5.41, 5.74) is 5.02. The molecule has 0 N–H and O–H groups in total. The smallest absolute Gasteiger partial charge is 0.163 e. The Bertz CT molecular complexity index is 757. The van der Waals surface area contributed by atoms with Gasteiger partial charge in [-0.25, -0.2) is 15.0 Å². The van der Waals surface area contributed by atoms with Crippen LogP contribution in [0.3, 0.4) is 0 Å². The van der Waals surface area contributed by atoms with E-state index >= 15 is 0 Å². The van der Waals surface area contributed by atoms with Crippen LogP contribution in [0.4, 0.5) is 0 Å². The van der Waals surface area contributed by atoms with Crippen molar-refractivity contribution in [2.45, 2.75) is 98.8 Å².